The Kier molecular flexibility index (Phi) is 4.52. The van der Waals surface area contributed by atoms with Gasteiger partial charge in [-0.25, -0.2) is 0 Å². The highest BCUT2D eigenvalue weighted by Gasteiger charge is 2.54. The van der Waals surface area contributed by atoms with Crippen LogP contribution in [0.4, 0.5) is 0 Å². The van der Waals surface area contributed by atoms with Crippen LogP contribution in [0.5, 0.6) is 0 Å². The molecule has 2 saturated heterocycles. The largest absolute Gasteiger partial charge is 0.345 e. The van der Waals surface area contributed by atoms with Crippen LogP contribution in [-0.2, 0) is 25.6 Å². The number of fused-ring (bicyclic) bond motifs is 1. The third-order valence-corrected chi connectivity index (χ3v) is 4.23. The minimum atomic E-state index is -0.619. The van der Waals surface area contributed by atoms with Crippen LogP contribution < -0.4 is 5.32 Å². The van der Waals surface area contributed by atoms with E-state index in [1.807, 2.05) is 58.2 Å². The average Bonchev–Trinajstić information content (AvgIpc) is 2.81. The van der Waals surface area contributed by atoms with Crippen LogP contribution in [0.1, 0.15) is 26.3 Å². The summed E-state index contributed by atoms with van der Waals surface area (Å²) in [6.07, 6.45) is -0.743. The Labute approximate surface area is 131 Å². The SMILES string of the molecule is CN[C@H]1C2OC(C)(C)OC2[C@@H](OCc2ccccc2)O[C@H]1C. The van der Waals surface area contributed by atoms with Crippen molar-refractivity contribution in [2.45, 2.75) is 63.8 Å². The average molecular weight is 307 g/mol. The lowest BCUT2D eigenvalue weighted by Gasteiger charge is -2.40. The van der Waals surface area contributed by atoms with E-state index in [-0.39, 0.29) is 24.4 Å². The molecule has 22 heavy (non-hydrogen) atoms. The zero-order valence-electron chi connectivity index (χ0n) is 13.6. The fourth-order valence-corrected chi connectivity index (χ4v) is 3.23. The molecule has 1 aromatic carbocycles. The topological polar surface area (TPSA) is 49.0 Å². The minimum Gasteiger partial charge on any atom is -0.345 e. The molecule has 122 valence electrons. The normalized spacial score (nSPS) is 37.0. The van der Waals surface area contributed by atoms with Gasteiger partial charge in [0.15, 0.2) is 12.1 Å². The van der Waals surface area contributed by atoms with Crippen molar-refractivity contribution in [2.24, 2.45) is 0 Å². The van der Waals surface area contributed by atoms with Crippen molar-refractivity contribution in [2.75, 3.05) is 7.05 Å². The maximum absolute atomic E-state index is 6.06. The number of likely N-dealkylation sites (N-methyl/N-ethyl adjacent to an activating group) is 1. The molecule has 5 nitrogen and oxygen atoms in total. The molecule has 0 saturated carbocycles. The molecular formula is C17H25NO4. The van der Waals surface area contributed by atoms with E-state index >= 15 is 0 Å². The minimum absolute atomic E-state index is 0.00970. The fraction of sp³-hybridized carbons (Fsp3) is 0.647. The van der Waals surface area contributed by atoms with Crippen LogP contribution >= 0.6 is 0 Å². The van der Waals surface area contributed by atoms with Gasteiger partial charge in [-0.2, -0.15) is 0 Å². The van der Waals surface area contributed by atoms with Gasteiger partial charge in [0, 0.05) is 0 Å². The van der Waals surface area contributed by atoms with Crippen LogP contribution in [0.3, 0.4) is 0 Å². The number of rotatable bonds is 4. The highest BCUT2D eigenvalue weighted by molar-refractivity contribution is 5.13. The van der Waals surface area contributed by atoms with Crippen molar-refractivity contribution < 1.29 is 18.9 Å². The Hall–Kier alpha value is -0.980. The molecule has 2 unspecified atom stereocenters. The predicted octanol–water partition coefficient (Wildman–Crippen LogP) is 2.06. The number of hydrogen-bond acceptors (Lipinski definition) is 5. The van der Waals surface area contributed by atoms with Gasteiger partial charge in [0.2, 0.25) is 0 Å². The standard InChI is InChI=1S/C17H25NO4/c1-11-13(18-4)14-15(22-17(2,3)21-14)16(20-11)19-10-12-8-6-5-7-9-12/h5-9,11,13-16,18H,10H2,1-4H3/t11-,13+,14?,15?,16-/m0/s1. The second-order valence-corrected chi connectivity index (χ2v) is 6.39. The number of nitrogens with one attached hydrogen (secondary N) is 1. The quantitative estimate of drug-likeness (QED) is 0.922. The molecule has 0 bridgehead atoms. The Morgan fingerprint density at radius 1 is 1.14 bits per heavy atom. The lowest BCUT2D eigenvalue weighted by atomic mass is 9.97. The van der Waals surface area contributed by atoms with E-state index in [0.29, 0.717) is 6.61 Å². The zero-order valence-corrected chi connectivity index (χ0v) is 13.6. The summed E-state index contributed by atoms with van der Waals surface area (Å²) in [4.78, 5) is 0. The van der Waals surface area contributed by atoms with Crippen LogP contribution in [0.15, 0.2) is 30.3 Å². The van der Waals surface area contributed by atoms with E-state index in [0.717, 1.165) is 5.56 Å². The molecule has 1 aromatic rings. The van der Waals surface area contributed by atoms with Gasteiger partial charge in [0.1, 0.15) is 12.2 Å². The fourth-order valence-electron chi connectivity index (χ4n) is 3.23. The monoisotopic (exact) mass is 307 g/mol. The molecule has 3 rings (SSSR count). The number of benzene rings is 1. The first-order chi connectivity index (χ1) is 10.5. The first kappa shape index (κ1) is 15.9. The van der Waals surface area contributed by atoms with E-state index in [1.54, 1.807) is 0 Å². The molecule has 2 aliphatic heterocycles. The van der Waals surface area contributed by atoms with E-state index in [9.17, 15) is 0 Å². The molecule has 0 aromatic heterocycles. The summed E-state index contributed by atoms with van der Waals surface area (Å²) in [5, 5.41) is 3.27. The van der Waals surface area contributed by atoms with Crippen molar-refractivity contribution >= 4 is 0 Å². The summed E-state index contributed by atoms with van der Waals surface area (Å²) >= 11 is 0. The summed E-state index contributed by atoms with van der Waals surface area (Å²) in [5.74, 6) is -0.619. The number of ether oxygens (including phenoxy) is 4. The van der Waals surface area contributed by atoms with Gasteiger partial charge >= 0.3 is 0 Å². The molecule has 5 atom stereocenters. The summed E-state index contributed by atoms with van der Waals surface area (Å²) in [5.41, 5.74) is 1.12. The van der Waals surface area contributed by atoms with Crippen molar-refractivity contribution in [3.8, 4) is 0 Å². The second kappa shape index (κ2) is 6.26. The van der Waals surface area contributed by atoms with Crippen LogP contribution in [-0.4, -0.2) is 43.5 Å². The molecular weight excluding hydrogens is 282 g/mol. The maximum atomic E-state index is 6.06. The molecule has 0 aliphatic carbocycles. The molecule has 0 spiro atoms. The van der Waals surface area contributed by atoms with Crippen LogP contribution in [0.25, 0.3) is 0 Å². The van der Waals surface area contributed by atoms with Crippen molar-refractivity contribution in [3.05, 3.63) is 35.9 Å². The zero-order chi connectivity index (χ0) is 15.7. The second-order valence-electron chi connectivity index (χ2n) is 6.39. The van der Waals surface area contributed by atoms with E-state index in [1.165, 1.54) is 0 Å². The Morgan fingerprint density at radius 2 is 1.82 bits per heavy atom. The highest BCUT2D eigenvalue weighted by atomic mass is 16.8. The van der Waals surface area contributed by atoms with E-state index in [4.69, 9.17) is 18.9 Å². The van der Waals surface area contributed by atoms with Crippen LogP contribution in [0, 0.1) is 0 Å². The lowest BCUT2D eigenvalue weighted by Crippen LogP contribution is -2.60. The van der Waals surface area contributed by atoms with Gasteiger partial charge in [0.25, 0.3) is 0 Å². The van der Waals surface area contributed by atoms with Gasteiger partial charge in [-0.15, -0.1) is 0 Å². The van der Waals surface area contributed by atoms with Crippen molar-refractivity contribution in [1.29, 1.82) is 0 Å². The molecule has 2 aliphatic rings. The molecule has 5 heteroatoms. The van der Waals surface area contributed by atoms with E-state index < -0.39 is 12.1 Å². The van der Waals surface area contributed by atoms with Crippen molar-refractivity contribution in [3.63, 3.8) is 0 Å². The lowest BCUT2D eigenvalue weighted by molar-refractivity contribution is -0.258. The summed E-state index contributed by atoms with van der Waals surface area (Å²) < 4.78 is 24.1. The van der Waals surface area contributed by atoms with E-state index in [2.05, 4.69) is 5.32 Å². The molecule has 0 amide bonds. The maximum Gasteiger partial charge on any atom is 0.187 e. The molecule has 2 heterocycles. The first-order valence-corrected chi connectivity index (χ1v) is 7.84. The first-order valence-electron chi connectivity index (χ1n) is 7.84. The molecule has 2 fully saturated rings. The predicted molar refractivity (Wildman–Crippen MR) is 82.2 cm³/mol. The van der Waals surface area contributed by atoms with Gasteiger partial charge < -0.3 is 24.3 Å². The Bertz CT molecular complexity index is 493. The number of hydrogen-bond donors (Lipinski definition) is 1. The highest BCUT2D eigenvalue weighted by Crippen LogP contribution is 2.37. The Balaban J connectivity index is 1.71. The third-order valence-electron chi connectivity index (χ3n) is 4.23. The molecule has 0 radical (unpaired) electrons. The van der Waals surface area contributed by atoms with Crippen LogP contribution in [0.2, 0.25) is 0 Å². The van der Waals surface area contributed by atoms with Gasteiger partial charge in [-0.1, -0.05) is 30.3 Å². The summed E-state index contributed by atoms with van der Waals surface area (Å²) in [7, 11) is 1.92. The summed E-state index contributed by atoms with van der Waals surface area (Å²) in [6, 6.07) is 10.2. The van der Waals surface area contributed by atoms with Gasteiger partial charge in [-0.05, 0) is 33.4 Å². The summed E-state index contributed by atoms with van der Waals surface area (Å²) in [6.45, 7) is 6.38. The van der Waals surface area contributed by atoms with Crippen molar-refractivity contribution in [1.82, 2.24) is 5.32 Å². The smallest absolute Gasteiger partial charge is 0.187 e. The molecule has 1 N–H and O–H groups in total. The van der Waals surface area contributed by atoms with Gasteiger partial charge in [0.05, 0.1) is 18.8 Å². The van der Waals surface area contributed by atoms with Gasteiger partial charge in [-0.3, -0.25) is 0 Å². The Morgan fingerprint density at radius 3 is 2.50 bits per heavy atom. The third kappa shape index (κ3) is 3.19.